The maximum Gasteiger partial charge on any atom is 0.325 e. The van der Waals surface area contributed by atoms with Gasteiger partial charge in [0.1, 0.15) is 12.4 Å². The zero-order valence-electron chi connectivity index (χ0n) is 10.4. The van der Waals surface area contributed by atoms with Crippen molar-refractivity contribution >= 4 is 17.6 Å². The van der Waals surface area contributed by atoms with Crippen molar-refractivity contribution in [2.24, 2.45) is 5.73 Å². The lowest BCUT2D eigenvalue weighted by molar-refractivity contribution is -0.118. The second-order valence-corrected chi connectivity index (χ2v) is 4.75. The maximum atomic E-state index is 12.4. The minimum absolute atomic E-state index is 0.00952. The van der Waals surface area contributed by atoms with E-state index in [0.717, 1.165) is 11.4 Å². The molecule has 1 atom stereocenters. The number of para-hydroxylation sites is 2. The van der Waals surface area contributed by atoms with Crippen molar-refractivity contribution in [2.75, 3.05) is 24.6 Å². The Morgan fingerprint density at radius 2 is 2.21 bits per heavy atom. The van der Waals surface area contributed by atoms with Gasteiger partial charge in [0, 0.05) is 19.5 Å². The quantitative estimate of drug-likeness (QED) is 0.864. The minimum atomic E-state index is -0.394. The molecule has 1 saturated heterocycles. The smallest absolute Gasteiger partial charge is 0.325 e. The van der Waals surface area contributed by atoms with Gasteiger partial charge in [-0.3, -0.25) is 9.69 Å². The van der Waals surface area contributed by atoms with Gasteiger partial charge in [-0.1, -0.05) is 12.1 Å². The van der Waals surface area contributed by atoms with Gasteiger partial charge in [-0.05, 0) is 12.1 Å². The van der Waals surface area contributed by atoms with Crippen LogP contribution in [-0.4, -0.2) is 42.6 Å². The van der Waals surface area contributed by atoms with Crippen molar-refractivity contribution in [3.63, 3.8) is 0 Å². The number of nitrogens with two attached hydrogens (primary N) is 1. The van der Waals surface area contributed by atoms with Gasteiger partial charge in [-0.15, -0.1) is 0 Å². The highest BCUT2D eigenvalue weighted by atomic mass is 16.5. The zero-order valence-corrected chi connectivity index (χ0v) is 10.4. The molecule has 0 spiro atoms. The minimum Gasteiger partial charge on any atom is -0.489 e. The number of primary amides is 1. The Bertz CT molecular complexity index is 532. The number of benzene rings is 1. The molecule has 6 heteroatoms. The average Bonchev–Trinajstić information content (AvgIpc) is 2.73. The van der Waals surface area contributed by atoms with Gasteiger partial charge in [0.25, 0.3) is 0 Å². The van der Waals surface area contributed by atoms with E-state index in [1.165, 1.54) is 0 Å². The summed E-state index contributed by atoms with van der Waals surface area (Å²) < 4.78 is 5.65. The van der Waals surface area contributed by atoms with Gasteiger partial charge in [-0.25, -0.2) is 4.79 Å². The molecule has 1 aromatic rings. The van der Waals surface area contributed by atoms with E-state index in [1.54, 1.807) is 9.80 Å². The van der Waals surface area contributed by atoms with E-state index < -0.39 is 5.91 Å². The van der Waals surface area contributed by atoms with Crippen molar-refractivity contribution in [1.29, 1.82) is 0 Å². The number of hydrogen-bond acceptors (Lipinski definition) is 3. The van der Waals surface area contributed by atoms with Crippen molar-refractivity contribution in [1.82, 2.24) is 4.90 Å². The third kappa shape index (κ3) is 1.99. The predicted octanol–water partition coefficient (Wildman–Crippen LogP) is 0.565. The summed E-state index contributed by atoms with van der Waals surface area (Å²) in [7, 11) is 0. The van der Waals surface area contributed by atoms with E-state index in [0.29, 0.717) is 19.7 Å². The summed E-state index contributed by atoms with van der Waals surface area (Å²) in [4.78, 5) is 26.6. The lowest BCUT2D eigenvalue weighted by Gasteiger charge is -2.30. The normalized spacial score (nSPS) is 20.8. The number of carbonyl (C=O) groups excluding carboxylic acids is 2. The Labute approximate surface area is 110 Å². The molecule has 1 fully saturated rings. The first kappa shape index (κ1) is 11.8. The number of anilines is 1. The van der Waals surface area contributed by atoms with Crippen LogP contribution in [0.1, 0.15) is 6.42 Å². The molecule has 3 rings (SSSR count). The van der Waals surface area contributed by atoms with E-state index in [-0.39, 0.29) is 18.5 Å². The average molecular weight is 261 g/mol. The summed E-state index contributed by atoms with van der Waals surface area (Å²) in [5.41, 5.74) is 5.92. The van der Waals surface area contributed by atoms with Crippen molar-refractivity contribution in [3.8, 4) is 5.75 Å². The molecule has 19 heavy (non-hydrogen) atoms. The highest BCUT2D eigenvalue weighted by Crippen LogP contribution is 2.36. The van der Waals surface area contributed by atoms with Crippen LogP contribution in [0.3, 0.4) is 0 Å². The fourth-order valence-corrected chi connectivity index (χ4v) is 2.55. The van der Waals surface area contributed by atoms with E-state index in [9.17, 15) is 9.59 Å². The maximum absolute atomic E-state index is 12.4. The monoisotopic (exact) mass is 261 g/mol. The van der Waals surface area contributed by atoms with Gasteiger partial charge in [0.15, 0.2) is 0 Å². The lowest BCUT2D eigenvalue weighted by atomic mass is 10.2. The van der Waals surface area contributed by atoms with Crippen LogP contribution in [-0.2, 0) is 4.79 Å². The number of ether oxygens (including phenoxy) is 1. The van der Waals surface area contributed by atoms with Crippen LogP contribution in [0.5, 0.6) is 5.75 Å². The van der Waals surface area contributed by atoms with Gasteiger partial charge in [0.2, 0.25) is 5.91 Å². The summed E-state index contributed by atoms with van der Waals surface area (Å²) >= 11 is 0. The van der Waals surface area contributed by atoms with Crippen molar-refractivity contribution in [2.45, 2.75) is 12.5 Å². The Balaban J connectivity index is 1.82. The van der Waals surface area contributed by atoms with Crippen LogP contribution in [0.2, 0.25) is 0 Å². The fraction of sp³-hybridized carbons (Fsp3) is 0.385. The van der Waals surface area contributed by atoms with Gasteiger partial charge >= 0.3 is 6.03 Å². The summed E-state index contributed by atoms with van der Waals surface area (Å²) in [5, 5.41) is 0. The van der Waals surface area contributed by atoms with Crippen LogP contribution in [0.4, 0.5) is 10.5 Å². The highest BCUT2D eigenvalue weighted by molar-refractivity contribution is 5.97. The standard InChI is InChI=1S/C13H15N3O3/c14-12(17)5-6-15-7-9-8-19-11-4-2-1-3-10(11)16(9)13(15)18/h1-4,9H,5-8H2,(H2,14,17). The molecule has 0 bridgehead atoms. The third-order valence-electron chi connectivity index (χ3n) is 3.46. The summed E-state index contributed by atoms with van der Waals surface area (Å²) in [6.45, 7) is 1.42. The van der Waals surface area contributed by atoms with Gasteiger partial charge in [-0.2, -0.15) is 0 Å². The molecule has 100 valence electrons. The topological polar surface area (TPSA) is 75.9 Å². The molecule has 6 nitrogen and oxygen atoms in total. The zero-order chi connectivity index (χ0) is 13.4. The Kier molecular flexibility index (Phi) is 2.77. The predicted molar refractivity (Wildman–Crippen MR) is 69.0 cm³/mol. The summed E-state index contributed by atoms with van der Waals surface area (Å²) in [6.07, 6.45) is 0.189. The first-order chi connectivity index (χ1) is 9.16. The van der Waals surface area contributed by atoms with Gasteiger partial charge in [0.05, 0.1) is 11.7 Å². The SMILES string of the molecule is NC(=O)CCN1CC2COc3ccccc3N2C1=O. The molecule has 1 unspecified atom stereocenters. The van der Waals surface area contributed by atoms with E-state index in [1.807, 2.05) is 24.3 Å². The summed E-state index contributed by atoms with van der Waals surface area (Å²) in [5.74, 6) is 0.332. The molecular formula is C13H15N3O3. The Morgan fingerprint density at radius 3 is 3.00 bits per heavy atom. The number of hydrogen-bond donors (Lipinski definition) is 1. The summed E-state index contributed by atoms with van der Waals surface area (Å²) in [6, 6.07) is 7.41. The fourth-order valence-electron chi connectivity index (χ4n) is 2.55. The molecule has 3 amide bonds. The first-order valence-electron chi connectivity index (χ1n) is 6.25. The van der Waals surface area contributed by atoms with Crippen LogP contribution >= 0.6 is 0 Å². The second-order valence-electron chi connectivity index (χ2n) is 4.75. The van der Waals surface area contributed by atoms with E-state index in [2.05, 4.69) is 0 Å². The lowest BCUT2D eigenvalue weighted by Crippen LogP contribution is -2.41. The third-order valence-corrected chi connectivity index (χ3v) is 3.46. The van der Waals surface area contributed by atoms with Crippen LogP contribution in [0.15, 0.2) is 24.3 Å². The van der Waals surface area contributed by atoms with Crippen LogP contribution < -0.4 is 15.4 Å². The van der Waals surface area contributed by atoms with E-state index in [4.69, 9.17) is 10.5 Å². The molecule has 0 aliphatic carbocycles. The number of nitrogens with zero attached hydrogens (tertiary/aromatic N) is 2. The van der Waals surface area contributed by atoms with E-state index >= 15 is 0 Å². The number of rotatable bonds is 3. The Hall–Kier alpha value is -2.24. The van der Waals surface area contributed by atoms with Crippen molar-refractivity contribution in [3.05, 3.63) is 24.3 Å². The first-order valence-corrected chi connectivity index (χ1v) is 6.25. The number of amides is 3. The molecule has 1 aromatic carbocycles. The number of urea groups is 1. The van der Waals surface area contributed by atoms with Crippen LogP contribution in [0.25, 0.3) is 0 Å². The molecule has 0 aromatic heterocycles. The highest BCUT2D eigenvalue weighted by Gasteiger charge is 2.41. The molecule has 0 radical (unpaired) electrons. The number of fused-ring (bicyclic) bond motifs is 3. The molecule has 2 aliphatic heterocycles. The molecule has 0 saturated carbocycles. The molecule has 2 N–H and O–H groups in total. The largest absolute Gasteiger partial charge is 0.489 e. The van der Waals surface area contributed by atoms with Gasteiger partial charge < -0.3 is 15.4 Å². The molecule has 2 aliphatic rings. The number of carbonyl (C=O) groups is 2. The van der Waals surface area contributed by atoms with Crippen molar-refractivity contribution < 1.29 is 14.3 Å². The second kappa shape index (κ2) is 4.46. The molecule has 2 heterocycles. The molecular weight excluding hydrogens is 246 g/mol. The Morgan fingerprint density at radius 1 is 1.42 bits per heavy atom. The van der Waals surface area contributed by atoms with Crippen LogP contribution in [0, 0.1) is 0 Å².